The van der Waals surface area contributed by atoms with Gasteiger partial charge in [0.25, 0.3) is 5.91 Å². The number of aryl methyl sites for hydroxylation is 1. The van der Waals surface area contributed by atoms with Crippen LogP contribution in [0.5, 0.6) is 11.5 Å². The van der Waals surface area contributed by atoms with Crippen molar-refractivity contribution in [1.82, 2.24) is 5.32 Å². The van der Waals surface area contributed by atoms with E-state index in [1.165, 1.54) is 7.05 Å². The van der Waals surface area contributed by atoms with Crippen molar-refractivity contribution in [3.8, 4) is 11.5 Å². The van der Waals surface area contributed by atoms with Crippen LogP contribution < -0.4 is 14.6 Å². The Morgan fingerprint density at radius 1 is 1.62 bits per heavy atom. The summed E-state index contributed by atoms with van der Waals surface area (Å²) in [6.07, 6.45) is 1.78. The molecule has 0 aromatic carbocycles. The molecule has 1 rings (SSSR count). The molecular formula is C11H17N2O3+. The van der Waals surface area contributed by atoms with Crippen LogP contribution in [-0.2, 0) is 11.3 Å². The van der Waals surface area contributed by atoms with Gasteiger partial charge in [0.05, 0.1) is 0 Å². The van der Waals surface area contributed by atoms with Crippen molar-refractivity contribution in [2.24, 2.45) is 0 Å². The van der Waals surface area contributed by atoms with Crippen LogP contribution in [-0.4, -0.2) is 24.7 Å². The summed E-state index contributed by atoms with van der Waals surface area (Å²) in [5, 5.41) is 12.1. The summed E-state index contributed by atoms with van der Waals surface area (Å²) in [5.41, 5.74) is 0.798. The summed E-state index contributed by atoms with van der Waals surface area (Å²) in [7, 11) is 1.54. The molecule has 0 saturated heterocycles. The molecule has 16 heavy (non-hydrogen) atoms. The maximum Gasteiger partial charge on any atom is 0.257 e. The van der Waals surface area contributed by atoms with Gasteiger partial charge in [-0.15, -0.1) is 0 Å². The molecule has 0 aliphatic carbocycles. The summed E-state index contributed by atoms with van der Waals surface area (Å²) in [6.45, 7) is 4.51. The zero-order valence-electron chi connectivity index (χ0n) is 9.78. The molecule has 0 saturated carbocycles. The lowest BCUT2D eigenvalue weighted by Gasteiger charge is -2.08. The number of likely N-dealkylation sites (N-methyl/N-ethyl adjacent to an activating group) is 1. The number of nitrogens with zero attached hydrogens (tertiary/aromatic N) is 1. The van der Waals surface area contributed by atoms with Gasteiger partial charge in [-0.05, 0) is 6.92 Å². The minimum Gasteiger partial charge on any atom is -0.504 e. The van der Waals surface area contributed by atoms with Crippen LogP contribution in [0, 0.1) is 6.92 Å². The summed E-state index contributed by atoms with van der Waals surface area (Å²) >= 11 is 0. The van der Waals surface area contributed by atoms with E-state index in [9.17, 15) is 9.90 Å². The first kappa shape index (κ1) is 12.3. The van der Waals surface area contributed by atoms with Crippen molar-refractivity contribution < 1.29 is 19.2 Å². The number of amides is 1. The lowest BCUT2D eigenvalue weighted by Crippen LogP contribution is -2.36. The number of carbonyl (C=O) groups excluding carboxylic acids is 1. The molecule has 0 aliphatic rings. The maximum atomic E-state index is 11.0. The van der Waals surface area contributed by atoms with E-state index in [-0.39, 0.29) is 18.3 Å². The molecule has 0 fully saturated rings. The average Bonchev–Trinajstić information content (AvgIpc) is 2.28. The first-order chi connectivity index (χ1) is 7.60. The Labute approximate surface area is 94.7 Å². The highest BCUT2D eigenvalue weighted by atomic mass is 16.5. The normalized spacial score (nSPS) is 9.94. The molecule has 0 unspecified atom stereocenters. The summed E-state index contributed by atoms with van der Waals surface area (Å²) in [4.78, 5) is 11.0. The monoisotopic (exact) mass is 225 g/mol. The summed E-state index contributed by atoms with van der Waals surface area (Å²) < 4.78 is 7.21. The number of carbonyl (C=O) groups is 1. The first-order valence-corrected chi connectivity index (χ1v) is 5.15. The maximum absolute atomic E-state index is 11.0. The Bertz CT molecular complexity index is 391. The zero-order chi connectivity index (χ0) is 12.1. The average molecular weight is 225 g/mol. The highest BCUT2D eigenvalue weighted by Gasteiger charge is 2.17. The molecule has 0 bridgehead atoms. The molecular weight excluding hydrogens is 208 g/mol. The smallest absolute Gasteiger partial charge is 0.257 e. The van der Waals surface area contributed by atoms with Crippen molar-refractivity contribution >= 4 is 5.91 Å². The zero-order valence-corrected chi connectivity index (χ0v) is 9.78. The summed E-state index contributed by atoms with van der Waals surface area (Å²) in [5.74, 6) is 0.171. The third-order valence-corrected chi connectivity index (χ3v) is 2.37. The highest BCUT2D eigenvalue weighted by molar-refractivity contribution is 5.77. The van der Waals surface area contributed by atoms with Gasteiger partial charge in [-0.1, -0.05) is 0 Å². The van der Waals surface area contributed by atoms with Crippen LogP contribution in [0.3, 0.4) is 0 Å². The van der Waals surface area contributed by atoms with E-state index in [0.29, 0.717) is 5.75 Å². The van der Waals surface area contributed by atoms with E-state index in [4.69, 9.17) is 4.74 Å². The van der Waals surface area contributed by atoms with Gasteiger partial charge in [0.1, 0.15) is 6.54 Å². The Hall–Kier alpha value is -1.78. The van der Waals surface area contributed by atoms with Crippen LogP contribution >= 0.6 is 0 Å². The topological polar surface area (TPSA) is 62.4 Å². The van der Waals surface area contributed by atoms with Crippen LogP contribution in [0.15, 0.2) is 12.3 Å². The molecule has 1 heterocycles. The third-order valence-electron chi connectivity index (χ3n) is 2.37. The van der Waals surface area contributed by atoms with Crippen molar-refractivity contribution in [2.75, 3.05) is 13.7 Å². The second-order valence-electron chi connectivity index (χ2n) is 3.36. The van der Waals surface area contributed by atoms with Gasteiger partial charge < -0.3 is 15.2 Å². The molecule has 5 heteroatoms. The van der Waals surface area contributed by atoms with E-state index >= 15 is 0 Å². The van der Waals surface area contributed by atoms with Gasteiger partial charge in [0, 0.05) is 20.0 Å². The van der Waals surface area contributed by atoms with E-state index in [2.05, 4.69) is 5.32 Å². The number of ether oxygens (including phenoxy) is 1. The minimum atomic E-state index is -0.231. The van der Waals surface area contributed by atoms with E-state index < -0.39 is 0 Å². The third kappa shape index (κ3) is 2.62. The number of pyridine rings is 1. The highest BCUT2D eigenvalue weighted by Crippen LogP contribution is 2.26. The molecule has 1 aromatic heterocycles. The predicted molar refractivity (Wildman–Crippen MR) is 58.3 cm³/mol. The van der Waals surface area contributed by atoms with Crippen molar-refractivity contribution in [1.29, 1.82) is 0 Å². The fraction of sp³-hybridized carbons (Fsp3) is 0.455. The molecule has 1 aromatic rings. The standard InChI is InChI=1S/C11H16N2O3/c1-4-13-6-5-9(14)11(8(13)2)16-7-10(15)12-3/h5-6H,4,7H2,1-3H3,(H,12,15)/p+1. The Morgan fingerprint density at radius 2 is 2.31 bits per heavy atom. The molecule has 88 valence electrons. The number of aromatic nitrogens is 1. The fourth-order valence-electron chi connectivity index (χ4n) is 1.39. The molecule has 0 spiro atoms. The van der Waals surface area contributed by atoms with Crippen LogP contribution in [0.4, 0.5) is 0 Å². The molecule has 0 aliphatic heterocycles. The van der Waals surface area contributed by atoms with Gasteiger partial charge in [0.15, 0.2) is 18.6 Å². The van der Waals surface area contributed by atoms with Gasteiger partial charge in [0.2, 0.25) is 11.4 Å². The fourth-order valence-corrected chi connectivity index (χ4v) is 1.39. The number of hydrogen-bond acceptors (Lipinski definition) is 3. The minimum absolute atomic E-state index is 0.0473. The molecule has 1 amide bonds. The largest absolute Gasteiger partial charge is 0.504 e. The van der Waals surface area contributed by atoms with Crippen molar-refractivity contribution in [3.63, 3.8) is 0 Å². The second kappa shape index (κ2) is 5.34. The Morgan fingerprint density at radius 3 is 2.88 bits per heavy atom. The van der Waals surface area contributed by atoms with Crippen LogP contribution in [0.2, 0.25) is 0 Å². The van der Waals surface area contributed by atoms with Gasteiger partial charge in [-0.3, -0.25) is 4.79 Å². The molecule has 0 radical (unpaired) electrons. The summed E-state index contributed by atoms with van der Waals surface area (Å²) in [6, 6.07) is 1.55. The predicted octanol–water partition coefficient (Wildman–Crippen LogP) is 0.133. The SMILES string of the molecule is CC[n+]1ccc(O)c(OCC(=O)NC)c1C. The van der Waals surface area contributed by atoms with Crippen LogP contribution in [0.25, 0.3) is 0 Å². The first-order valence-electron chi connectivity index (χ1n) is 5.15. The van der Waals surface area contributed by atoms with E-state index in [1.807, 2.05) is 18.4 Å². The van der Waals surface area contributed by atoms with E-state index in [1.54, 1.807) is 12.3 Å². The lowest BCUT2D eigenvalue weighted by atomic mass is 10.3. The van der Waals surface area contributed by atoms with Gasteiger partial charge >= 0.3 is 0 Å². The number of aromatic hydroxyl groups is 1. The number of rotatable bonds is 4. The van der Waals surface area contributed by atoms with E-state index in [0.717, 1.165) is 12.2 Å². The van der Waals surface area contributed by atoms with Crippen molar-refractivity contribution in [3.05, 3.63) is 18.0 Å². The van der Waals surface area contributed by atoms with Crippen molar-refractivity contribution in [2.45, 2.75) is 20.4 Å². The number of hydrogen-bond donors (Lipinski definition) is 2. The quantitative estimate of drug-likeness (QED) is 0.716. The van der Waals surface area contributed by atoms with Gasteiger partial charge in [-0.25, -0.2) is 0 Å². The van der Waals surface area contributed by atoms with Gasteiger partial charge in [-0.2, -0.15) is 4.57 Å². The molecule has 2 N–H and O–H groups in total. The molecule has 5 nitrogen and oxygen atoms in total. The second-order valence-corrected chi connectivity index (χ2v) is 3.36. The lowest BCUT2D eigenvalue weighted by molar-refractivity contribution is -0.699. The van der Waals surface area contributed by atoms with Crippen LogP contribution in [0.1, 0.15) is 12.6 Å². The Kier molecular flexibility index (Phi) is 4.10. The Balaban J connectivity index is 2.89. The molecule has 0 atom stereocenters. The number of nitrogens with one attached hydrogen (secondary N) is 1.